The first-order chi connectivity index (χ1) is 15.6. The third kappa shape index (κ3) is 5.29. The minimum Gasteiger partial charge on any atom is -0.497 e. The summed E-state index contributed by atoms with van der Waals surface area (Å²) in [5.41, 5.74) is 1.84. The second-order valence-electron chi connectivity index (χ2n) is 7.39. The van der Waals surface area contributed by atoms with Crippen molar-refractivity contribution in [2.24, 2.45) is 0 Å². The van der Waals surface area contributed by atoms with E-state index in [2.05, 4.69) is 12.2 Å². The molecular weight excluding hydrogens is 408 g/mol. The van der Waals surface area contributed by atoms with Crippen molar-refractivity contribution in [1.29, 1.82) is 0 Å². The predicted octanol–water partition coefficient (Wildman–Crippen LogP) is 4.10. The number of rotatable bonds is 12. The number of carbonyl (C=O) groups excluding carboxylic acids is 2. The average molecular weight is 439 g/mol. The van der Waals surface area contributed by atoms with Crippen LogP contribution in [-0.2, 0) is 14.3 Å². The van der Waals surface area contributed by atoms with Crippen LogP contribution in [0.3, 0.4) is 0 Å². The van der Waals surface area contributed by atoms with Gasteiger partial charge in [0.15, 0.2) is 0 Å². The number of hydrogen-bond acceptors (Lipinski definition) is 6. The Bertz CT molecular complexity index is 972. The fourth-order valence-electron chi connectivity index (χ4n) is 3.48. The third-order valence-electron chi connectivity index (χ3n) is 5.21. The van der Waals surface area contributed by atoms with Crippen LogP contribution < -0.4 is 14.8 Å². The van der Waals surface area contributed by atoms with Gasteiger partial charge in [0.05, 0.1) is 25.5 Å². The highest BCUT2D eigenvalue weighted by molar-refractivity contribution is 6.36. The summed E-state index contributed by atoms with van der Waals surface area (Å²) in [6.07, 6.45) is 2.65. The molecule has 0 atom stereocenters. The average Bonchev–Trinajstić information content (AvgIpc) is 3.06. The Morgan fingerprint density at radius 1 is 0.906 bits per heavy atom. The number of nitrogens with zero attached hydrogens (tertiary/aromatic N) is 1. The molecule has 1 N–H and O–H groups in total. The number of nitrogens with one attached hydrogen (secondary N) is 1. The smallest absolute Gasteiger partial charge is 0.278 e. The Labute approximate surface area is 189 Å². The first kappa shape index (κ1) is 23.3. The zero-order chi connectivity index (χ0) is 22.9. The lowest BCUT2D eigenvalue weighted by molar-refractivity contribution is -0.137. The Morgan fingerprint density at radius 3 is 2.34 bits per heavy atom. The van der Waals surface area contributed by atoms with E-state index in [1.54, 1.807) is 32.4 Å². The van der Waals surface area contributed by atoms with E-state index in [4.69, 9.17) is 14.2 Å². The quantitative estimate of drug-likeness (QED) is 0.397. The largest absolute Gasteiger partial charge is 0.497 e. The molecule has 1 heterocycles. The molecule has 0 spiro atoms. The van der Waals surface area contributed by atoms with Gasteiger partial charge in [-0.25, -0.2) is 0 Å². The molecule has 32 heavy (non-hydrogen) atoms. The number of methoxy groups -OCH3 is 2. The molecule has 0 saturated heterocycles. The Balaban J connectivity index is 1.85. The molecule has 0 aliphatic carbocycles. The van der Waals surface area contributed by atoms with E-state index in [0.29, 0.717) is 54.5 Å². The lowest BCUT2D eigenvalue weighted by Gasteiger charge is -2.16. The number of carbonyl (C=O) groups is 2. The first-order valence-corrected chi connectivity index (χ1v) is 10.8. The lowest BCUT2D eigenvalue weighted by Crippen LogP contribution is -2.34. The Morgan fingerprint density at radius 2 is 1.66 bits per heavy atom. The normalized spacial score (nSPS) is 13.7. The summed E-state index contributed by atoms with van der Waals surface area (Å²) in [6.45, 7) is 3.60. The molecular formula is C25H30N2O5. The molecule has 7 nitrogen and oxygen atoms in total. The first-order valence-electron chi connectivity index (χ1n) is 10.8. The SMILES string of the molecule is CCCCOCCCN1C(=O)C(Nc2ccc(OC)cc2OC)=C(c2ccccc2)C1=O. The molecule has 0 aromatic heterocycles. The highest BCUT2D eigenvalue weighted by atomic mass is 16.5. The van der Waals surface area contributed by atoms with Crippen LogP contribution in [0.4, 0.5) is 5.69 Å². The third-order valence-corrected chi connectivity index (χ3v) is 5.21. The van der Waals surface area contributed by atoms with Crippen molar-refractivity contribution in [3.05, 3.63) is 59.8 Å². The van der Waals surface area contributed by atoms with Crippen LogP contribution in [0.2, 0.25) is 0 Å². The molecule has 0 bridgehead atoms. The second-order valence-corrected chi connectivity index (χ2v) is 7.39. The van der Waals surface area contributed by atoms with Gasteiger partial charge in [-0.3, -0.25) is 14.5 Å². The van der Waals surface area contributed by atoms with Crippen molar-refractivity contribution < 1.29 is 23.8 Å². The summed E-state index contributed by atoms with van der Waals surface area (Å²) >= 11 is 0. The minimum atomic E-state index is -0.361. The van der Waals surface area contributed by atoms with Gasteiger partial charge in [0.2, 0.25) is 0 Å². The fourth-order valence-corrected chi connectivity index (χ4v) is 3.48. The maximum absolute atomic E-state index is 13.3. The summed E-state index contributed by atoms with van der Waals surface area (Å²) in [7, 11) is 3.11. The summed E-state index contributed by atoms with van der Waals surface area (Å²) in [6, 6.07) is 14.4. The summed E-state index contributed by atoms with van der Waals surface area (Å²) in [5.74, 6) is 0.459. The van der Waals surface area contributed by atoms with Gasteiger partial charge >= 0.3 is 0 Å². The van der Waals surface area contributed by atoms with Gasteiger partial charge in [-0.05, 0) is 30.5 Å². The van der Waals surface area contributed by atoms with E-state index in [0.717, 1.165) is 12.8 Å². The molecule has 170 valence electrons. The molecule has 2 amide bonds. The maximum atomic E-state index is 13.3. The Kier molecular flexibility index (Phi) is 8.27. The van der Waals surface area contributed by atoms with Crippen molar-refractivity contribution in [2.45, 2.75) is 26.2 Å². The molecule has 3 rings (SSSR count). The molecule has 0 unspecified atom stereocenters. The van der Waals surface area contributed by atoms with Crippen LogP contribution in [0.25, 0.3) is 5.57 Å². The second kappa shape index (κ2) is 11.3. The van der Waals surface area contributed by atoms with Crippen molar-refractivity contribution in [3.63, 3.8) is 0 Å². The van der Waals surface area contributed by atoms with E-state index < -0.39 is 0 Å². The van der Waals surface area contributed by atoms with E-state index >= 15 is 0 Å². The van der Waals surface area contributed by atoms with Crippen LogP contribution in [0.5, 0.6) is 11.5 Å². The van der Waals surface area contributed by atoms with Crippen LogP contribution in [-0.4, -0.2) is 50.7 Å². The number of amides is 2. The van der Waals surface area contributed by atoms with Gasteiger partial charge in [0.1, 0.15) is 17.2 Å². The van der Waals surface area contributed by atoms with Crippen molar-refractivity contribution in [1.82, 2.24) is 4.90 Å². The van der Waals surface area contributed by atoms with Gasteiger partial charge in [-0.1, -0.05) is 43.7 Å². The fraction of sp³-hybridized carbons (Fsp3) is 0.360. The van der Waals surface area contributed by atoms with Crippen molar-refractivity contribution in [3.8, 4) is 11.5 Å². The van der Waals surface area contributed by atoms with Crippen LogP contribution in [0.15, 0.2) is 54.2 Å². The van der Waals surface area contributed by atoms with Crippen LogP contribution >= 0.6 is 0 Å². The topological polar surface area (TPSA) is 77.1 Å². The zero-order valence-electron chi connectivity index (χ0n) is 18.8. The molecule has 2 aromatic rings. The zero-order valence-corrected chi connectivity index (χ0v) is 18.8. The van der Waals surface area contributed by atoms with Gasteiger partial charge in [-0.2, -0.15) is 0 Å². The minimum absolute atomic E-state index is 0.233. The van der Waals surface area contributed by atoms with Gasteiger partial charge in [-0.15, -0.1) is 0 Å². The highest BCUT2D eigenvalue weighted by Crippen LogP contribution is 2.35. The number of imide groups is 1. The van der Waals surface area contributed by atoms with E-state index in [1.165, 1.54) is 4.90 Å². The number of anilines is 1. The molecule has 0 saturated carbocycles. The number of unbranched alkanes of at least 4 members (excludes halogenated alkanes) is 1. The summed E-state index contributed by atoms with van der Waals surface area (Å²) in [4.78, 5) is 27.8. The van der Waals surface area contributed by atoms with Gasteiger partial charge in [0, 0.05) is 25.8 Å². The molecule has 0 radical (unpaired) electrons. The van der Waals surface area contributed by atoms with Crippen molar-refractivity contribution >= 4 is 23.1 Å². The number of ether oxygens (including phenoxy) is 3. The van der Waals surface area contributed by atoms with Crippen LogP contribution in [0, 0.1) is 0 Å². The molecule has 1 aliphatic rings. The number of benzene rings is 2. The molecule has 0 fully saturated rings. The van der Waals surface area contributed by atoms with E-state index in [9.17, 15) is 9.59 Å². The van der Waals surface area contributed by atoms with Crippen LogP contribution in [0.1, 0.15) is 31.7 Å². The van der Waals surface area contributed by atoms with Gasteiger partial charge < -0.3 is 19.5 Å². The maximum Gasteiger partial charge on any atom is 0.278 e. The van der Waals surface area contributed by atoms with Gasteiger partial charge in [0.25, 0.3) is 11.8 Å². The summed E-state index contributed by atoms with van der Waals surface area (Å²) < 4.78 is 16.3. The Hall–Kier alpha value is -3.32. The number of hydrogen-bond donors (Lipinski definition) is 1. The molecule has 2 aromatic carbocycles. The molecule has 7 heteroatoms. The predicted molar refractivity (Wildman–Crippen MR) is 124 cm³/mol. The van der Waals surface area contributed by atoms with E-state index in [1.807, 2.05) is 30.3 Å². The molecule has 1 aliphatic heterocycles. The monoisotopic (exact) mass is 438 g/mol. The van der Waals surface area contributed by atoms with Crippen molar-refractivity contribution in [2.75, 3.05) is 39.3 Å². The highest BCUT2D eigenvalue weighted by Gasteiger charge is 2.39. The lowest BCUT2D eigenvalue weighted by atomic mass is 10.0. The standard InChI is InChI=1S/C25H30N2O5/c1-4-5-15-32-16-9-14-27-24(28)22(18-10-7-6-8-11-18)23(25(27)29)26-20-13-12-19(30-2)17-21(20)31-3/h6-8,10-13,17,26H,4-5,9,14-16H2,1-3H3. The summed E-state index contributed by atoms with van der Waals surface area (Å²) in [5, 5.41) is 3.14. The van der Waals surface area contributed by atoms with E-state index in [-0.39, 0.29) is 17.5 Å².